The molecular weight excluding hydrogens is 368 g/mol. The van der Waals surface area contributed by atoms with E-state index in [-0.39, 0.29) is 29.6 Å². The van der Waals surface area contributed by atoms with E-state index in [4.69, 9.17) is 9.47 Å². The molecule has 2 amide bonds. The summed E-state index contributed by atoms with van der Waals surface area (Å²) in [7, 11) is 3.25. The molecule has 3 rings (SSSR count). The zero-order chi connectivity index (χ0) is 20.8. The number of methoxy groups -OCH3 is 2. The van der Waals surface area contributed by atoms with Crippen LogP contribution in [0.3, 0.4) is 0 Å². The first kappa shape index (κ1) is 21.5. The molecule has 1 heterocycles. The van der Waals surface area contributed by atoms with Crippen molar-refractivity contribution in [2.45, 2.75) is 51.4 Å². The average Bonchev–Trinajstić information content (AvgIpc) is 3.43. The summed E-state index contributed by atoms with van der Waals surface area (Å²) in [5.74, 6) is 1.44. The van der Waals surface area contributed by atoms with Gasteiger partial charge in [-0.25, -0.2) is 0 Å². The molecule has 0 unspecified atom stereocenters. The van der Waals surface area contributed by atoms with Crippen LogP contribution in [-0.2, 0) is 9.59 Å². The lowest BCUT2D eigenvalue weighted by atomic mass is 9.87. The standard InChI is InChI=1S/C23H34N2O4/c1-4-5-12-24-22(26)20-15-25(23(27)16-8-6-7-9-16)14-19(20)18-11-10-17(28-2)13-21(18)29-3/h10-11,13,16,19-20H,4-9,12,14-15H2,1-3H3,(H,24,26)/t19-,20+/m1/s1. The fraction of sp³-hybridized carbons (Fsp3) is 0.652. The van der Waals surface area contributed by atoms with Gasteiger partial charge in [0.2, 0.25) is 11.8 Å². The largest absolute Gasteiger partial charge is 0.497 e. The van der Waals surface area contributed by atoms with Crippen molar-refractivity contribution in [1.82, 2.24) is 10.2 Å². The quantitative estimate of drug-likeness (QED) is 0.677. The highest BCUT2D eigenvalue weighted by Gasteiger charge is 2.43. The highest BCUT2D eigenvalue weighted by Crippen LogP contribution is 2.40. The van der Waals surface area contributed by atoms with Gasteiger partial charge in [0, 0.05) is 43.1 Å². The number of hydrogen-bond acceptors (Lipinski definition) is 4. The summed E-state index contributed by atoms with van der Waals surface area (Å²) < 4.78 is 10.9. The van der Waals surface area contributed by atoms with Gasteiger partial charge in [0.15, 0.2) is 0 Å². The first-order valence-electron chi connectivity index (χ1n) is 10.9. The zero-order valence-electron chi connectivity index (χ0n) is 17.9. The third-order valence-electron chi connectivity index (χ3n) is 6.34. The van der Waals surface area contributed by atoms with E-state index in [2.05, 4.69) is 12.2 Å². The third-order valence-corrected chi connectivity index (χ3v) is 6.34. The minimum absolute atomic E-state index is 0.0306. The van der Waals surface area contributed by atoms with Crippen molar-refractivity contribution in [3.8, 4) is 11.5 Å². The Morgan fingerprint density at radius 2 is 1.90 bits per heavy atom. The fourth-order valence-electron chi connectivity index (χ4n) is 4.64. The maximum atomic E-state index is 13.1. The lowest BCUT2D eigenvalue weighted by Crippen LogP contribution is -2.37. The number of benzene rings is 1. The normalized spacial score (nSPS) is 22.0. The second-order valence-corrected chi connectivity index (χ2v) is 8.19. The SMILES string of the molecule is CCCCNC(=O)[C@H]1CN(C(=O)C2CCCC2)C[C@@H]1c1ccc(OC)cc1OC. The maximum absolute atomic E-state index is 13.1. The van der Waals surface area contributed by atoms with Gasteiger partial charge in [-0.15, -0.1) is 0 Å². The molecule has 0 bridgehead atoms. The molecule has 6 heteroatoms. The Labute approximate surface area is 173 Å². The molecule has 1 aromatic rings. The number of carbonyl (C=O) groups excluding carboxylic acids is 2. The van der Waals surface area contributed by atoms with Gasteiger partial charge in [-0.05, 0) is 25.3 Å². The van der Waals surface area contributed by atoms with Crippen molar-refractivity contribution < 1.29 is 19.1 Å². The second-order valence-electron chi connectivity index (χ2n) is 8.19. The summed E-state index contributed by atoms with van der Waals surface area (Å²) in [6, 6.07) is 5.71. The molecule has 0 spiro atoms. The van der Waals surface area contributed by atoms with Crippen LogP contribution in [-0.4, -0.2) is 50.6 Å². The molecule has 1 N–H and O–H groups in total. The molecule has 160 valence electrons. The Hall–Kier alpha value is -2.24. The summed E-state index contributed by atoms with van der Waals surface area (Å²) >= 11 is 0. The van der Waals surface area contributed by atoms with Crippen molar-refractivity contribution in [2.75, 3.05) is 33.9 Å². The van der Waals surface area contributed by atoms with Gasteiger partial charge in [0.05, 0.1) is 20.1 Å². The number of nitrogens with one attached hydrogen (secondary N) is 1. The predicted octanol–water partition coefficient (Wildman–Crippen LogP) is 3.35. The van der Waals surface area contributed by atoms with Gasteiger partial charge in [-0.2, -0.15) is 0 Å². The van der Waals surface area contributed by atoms with Gasteiger partial charge >= 0.3 is 0 Å². The Morgan fingerprint density at radius 3 is 2.55 bits per heavy atom. The summed E-state index contributed by atoms with van der Waals surface area (Å²) in [5, 5.41) is 3.07. The van der Waals surface area contributed by atoms with Crippen LogP contribution in [0.25, 0.3) is 0 Å². The first-order valence-corrected chi connectivity index (χ1v) is 10.9. The van der Waals surface area contributed by atoms with Crippen LogP contribution in [0.5, 0.6) is 11.5 Å². The van der Waals surface area contributed by atoms with Crippen LogP contribution in [0.2, 0.25) is 0 Å². The van der Waals surface area contributed by atoms with Crippen LogP contribution in [0.4, 0.5) is 0 Å². The predicted molar refractivity (Wildman–Crippen MR) is 112 cm³/mol. The highest BCUT2D eigenvalue weighted by atomic mass is 16.5. The minimum Gasteiger partial charge on any atom is -0.497 e. The molecule has 1 aromatic carbocycles. The van der Waals surface area contributed by atoms with Crippen molar-refractivity contribution in [3.63, 3.8) is 0 Å². The molecule has 1 saturated carbocycles. The molecule has 1 saturated heterocycles. The molecule has 2 aliphatic rings. The van der Waals surface area contributed by atoms with Crippen LogP contribution >= 0.6 is 0 Å². The van der Waals surface area contributed by atoms with Crippen molar-refractivity contribution in [3.05, 3.63) is 23.8 Å². The number of hydrogen-bond donors (Lipinski definition) is 1. The topological polar surface area (TPSA) is 67.9 Å². The maximum Gasteiger partial charge on any atom is 0.225 e. The van der Waals surface area contributed by atoms with Crippen LogP contribution in [0.1, 0.15) is 56.9 Å². The first-order chi connectivity index (χ1) is 14.1. The lowest BCUT2D eigenvalue weighted by Gasteiger charge is -2.21. The van der Waals surface area contributed by atoms with E-state index >= 15 is 0 Å². The summed E-state index contributed by atoms with van der Waals surface area (Å²) in [4.78, 5) is 28.0. The summed E-state index contributed by atoms with van der Waals surface area (Å²) in [6.45, 7) is 3.82. The summed E-state index contributed by atoms with van der Waals surface area (Å²) in [5.41, 5.74) is 0.964. The number of unbranched alkanes of at least 4 members (excludes halogenated alkanes) is 1. The van der Waals surface area contributed by atoms with Gasteiger partial charge in [-0.3, -0.25) is 9.59 Å². The Kier molecular flexibility index (Phi) is 7.40. The molecule has 0 aromatic heterocycles. The van der Waals surface area contributed by atoms with E-state index in [1.807, 2.05) is 23.1 Å². The fourth-order valence-corrected chi connectivity index (χ4v) is 4.64. The number of carbonyl (C=O) groups is 2. The second kappa shape index (κ2) is 9.99. The van der Waals surface area contributed by atoms with E-state index in [9.17, 15) is 9.59 Å². The Morgan fingerprint density at radius 1 is 1.14 bits per heavy atom. The van der Waals surface area contributed by atoms with Crippen molar-refractivity contribution in [2.24, 2.45) is 11.8 Å². The Bertz CT molecular complexity index is 715. The third kappa shape index (κ3) is 4.85. The van der Waals surface area contributed by atoms with E-state index in [1.54, 1.807) is 14.2 Å². The van der Waals surface area contributed by atoms with Gasteiger partial charge in [0.1, 0.15) is 11.5 Å². The van der Waals surface area contributed by atoms with E-state index in [0.717, 1.165) is 44.1 Å². The average molecular weight is 403 g/mol. The molecule has 6 nitrogen and oxygen atoms in total. The number of amides is 2. The van der Waals surface area contributed by atoms with Gasteiger partial charge in [0.25, 0.3) is 0 Å². The molecule has 0 radical (unpaired) electrons. The number of ether oxygens (including phenoxy) is 2. The lowest BCUT2D eigenvalue weighted by molar-refractivity contribution is -0.134. The van der Waals surface area contributed by atoms with Gasteiger partial charge in [-0.1, -0.05) is 32.3 Å². The minimum atomic E-state index is -0.264. The highest BCUT2D eigenvalue weighted by molar-refractivity contribution is 5.84. The van der Waals surface area contributed by atoms with E-state index in [1.165, 1.54) is 0 Å². The molecule has 1 aliphatic carbocycles. The van der Waals surface area contributed by atoms with Crippen LogP contribution in [0, 0.1) is 11.8 Å². The molecule has 1 aliphatic heterocycles. The monoisotopic (exact) mass is 402 g/mol. The molecule has 2 atom stereocenters. The van der Waals surface area contributed by atoms with Gasteiger partial charge < -0.3 is 19.7 Å². The Balaban J connectivity index is 1.84. The molecular formula is C23H34N2O4. The molecule has 29 heavy (non-hydrogen) atoms. The number of rotatable bonds is 8. The number of likely N-dealkylation sites (tertiary alicyclic amines) is 1. The van der Waals surface area contributed by atoms with E-state index < -0.39 is 0 Å². The van der Waals surface area contributed by atoms with Crippen molar-refractivity contribution >= 4 is 11.8 Å². The molecule has 2 fully saturated rings. The number of nitrogens with zero attached hydrogens (tertiary/aromatic N) is 1. The van der Waals surface area contributed by atoms with E-state index in [0.29, 0.717) is 31.1 Å². The van der Waals surface area contributed by atoms with Crippen LogP contribution in [0.15, 0.2) is 18.2 Å². The van der Waals surface area contributed by atoms with Crippen LogP contribution < -0.4 is 14.8 Å². The smallest absolute Gasteiger partial charge is 0.225 e. The summed E-state index contributed by atoms with van der Waals surface area (Å²) in [6.07, 6.45) is 6.19. The zero-order valence-corrected chi connectivity index (χ0v) is 17.9. The van der Waals surface area contributed by atoms with Crippen molar-refractivity contribution in [1.29, 1.82) is 0 Å².